The molecule has 0 bridgehead atoms. The topological polar surface area (TPSA) is 96.2 Å². The lowest BCUT2D eigenvalue weighted by Gasteiger charge is -2.28. The molecule has 1 saturated heterocycles. The van der Waals surface area contributed by atoms with Crippen molar-refractivity contribution in [1.29, 1.82) is 0 Å². The fourth-order valence-corrected chi connectivity index (χ4v) is 4.84. The van der Waals surface area contributed by atoms with Crippen molar-refractivity contribution in [3.63, 3.8) is 0 Å². The molecule has 4 rings (SSSR count). The van der Waals surface area contributed by atoms with Gasteiger partial charge in [0.25, 0.3) is 0 Å². The number of alkyl halides is 3. The van der Waals surface area contributed by atoms with Crippen LogP contribution in [0.5, 0.6) is 0 Å². The number of hydrogen-bond donors (Lipinski definition) is 2. The van der Waals surface area contributed by atoms with Crippen LogP contribution in [-0.4, -0.2) is 54.1 Å². The van der Waals surface area contributed by atoms with Gasteiger partial charge in [-0.15, -0.1) is 0 Å². The van der Waals surface area contributed by atoms with Crippen LogP contribution < -0.4 is 5.32 Å². The number of benzene rings is 1. The zero-order chi connectivity index (χ0) is 28.8. The Balaban J connectivity index is 0.00000205. The second kappa shape index (κ2) is 12.9. The minimum Gasteiger partial charge on any atom is -0.389 e. The third kappa shape index (κ3) is 8.48. The second-order valence-electron chi connectivity index (χ2n) is 9.45. The molecule has 1 aliphatic rings. The van der Waals surface area contributed by atoms with E-state index in [1.54, 1.807) is 19.9 Å². The third-order valence-electron chi connectivity index (χ3n) is 5.66. The molecule has 212 valence electrons. The number of halogens is 4. The Morgan fingerprint density at radius 1 is 1.18 bits per heavy atom. The van der Waals surface area contributed by atoms with E-state index < -0.39 is 28.9 Å². The summed E-state index contributed by atoms with van der Waals surface area (Å²) in [5, 5.41) is 16.6. The summed E-state index contributed by atoms with van der Waals surface area (Å²) in [6, 6.07) is 4.48. The van der Waals surface area contributed by atoms with Gasteiger partial charge in [-0.2, -0.15) is 18.3 Å². The minimum atomic E-state index is -4.73. The van der Waals surface area contributed by atoms with E-state index in [0.29, 0.717) is 24.2 Å². The molecule has 0 unspecified atom stereocenters. The highest BCUT2D eigenvalue weighted by Crippen LogP contribution is 2.37. The van der Waals surface area contributed by atoms with Crippen molar-refractivity contribution >= 4 is 29.9 Å². The number of carbonyl (C=O) groups is 1. The van der Waals surface area contributed by atoms with Gasteiger partial charge < -0.3 is 15.2 Å². The summed E-state index contributed by atoms with van der Waals surface area (Å²) in [5.74, 6) is -0.769. The quantitative estimate of drug-likeness (QED) is 0.195. The largest absolute Gasteiger partial charge is 0.419 e. The number of hydrogen-bond acceptors (Lipinski definition) is 8. The maximum absolute atomic E-state index is 14.8. The number of carbonyl (C=O) groups excluding carboxylic acids is 1. The highest BCUT2D eigenvalue weighted by Gasteiger charge is 2.36. The molecule has 3 aromatic rings. The van der Waals surface area contributed by atoms with Crippen molar-refractivity contribution in [3.05, 3.63) is 48.2 Å². The van der Waals surface area contributed by atoms with Crippen molar-refractivity contribution in [2.75, 3.05) is 18.4 Å². The highest BCUT2D eigenvalue weighted by atomic mass is 32.2. The lowest BCUT2D eigenvalue weighted by atomic mass is 10.0. The number of aromatic nitrogens is 4. The summed E-state index contributed by atoms with van der Waals surface area (Å²) >= 11 is 1.38. The van der Waals surface area contributed by atoms with Crippen molar-refractivity contribution in [2.24, 2.45) is 5.92 Å². The first kappa shape index (κ1) is 30.5. The smallest absolute Gasteiger partial charge is 0.389 e. The lowest BCUT2D eigenvalue weighted by molar-refractivity contribution is -0.137. The Labute approximate surface area is 229 Å². The molecule has 39 heavy (non-hydrogen) atoms. The fourth-order valence-electron chi connectivity index (χ4n) is 3.86. The molecule has 0 radical (unpaired) electrons. The average molecular weight is 569 g/mol. The maximum atomic E-state index is 14.8. The first-order valence-electron chi connectivity index (χ1n) is 12.6. The monoisotopic (exact) mass is 568 g/mol. The maximum Gasteiger partial charge on any atom is 0.419 e. The number of anilines is 2. The molecular formula is C26H32F4N6O2S. The van der Waals surface area contributed by atoms with Crippen molar-refractivity contribution < 1.29 is 27.5 Å². The van der Waals surface area contributed by atoms with Crippen LogP contribution in [0.15, 0.2) is 41.7 Å². The Morgan fingerprint density at radius 3 is 2.46 bits per heavy atom. The fraction of sp³-hybridized carbons (Fsp3) is 0.462. The van der Waals surface area contributed by atoms with Crippen LogP contribution in [-0.2, 0) is 17.5 Å². The first-order chi connectivity index (χ1) is 18.4. The van der Waals surface area contributed by atoms with Gasteiger partial charge in [0.1, 0.15) is 17.7 Å². The predicted molar refractivity (Wildman–Crippen MR) is 142 cm³/mol. The van der Waals surface area contributed by atoms with Gasteiger partial charge in [0.2, 0.25) is 5.95 Å². The Kier molecular flexibility index (Phi) is 10.1. The summed E-state index contributed by atoms with van der Waals surface area (Å²) in [6.45, 7) is 8.59. The van der Waals surface area contributed by atoms with E-state index in [1.807, 2.05) is 13.8 Å². The zero-order valence-electron chi connectivity index (χ0n) is 22.2. The molecular weight excluding hydrogens is 536 g/mol. The number of aldehydes is 1. The van der Waals surface area contributed by atoms with Gasteiger partial charge in [-0.3, -0.25) is 4.68 Å². The highest BCUT2D eigenvalue weighted by molar-refractivity contribution is 7.97. The van der Waals surface area contributed by atoms with Gasteiger partial charge in [-0.05, 0) is 56.8 Å². The van der Waals surface area contributed by atoms with Gasteiger partial charge in [0.05, 0.1) is 29.7 Å². The van der Waals surface area contributed by atoms with E-state index in [0.717, 1.165) is 19.1 Å². The van der Waals surface area contributed by atoms with Crippen LogP contribution in [0, 0.1) is 11.7 Å². The lowest BCUT2D eigenvalue weighted by Crippen LogP contribution is -2.28. The van der Waals surface area contributed by atoms with Gasteiger partial charge in [-0.1, -0.05) is 13.8 Å². The Bertz CT molecular complexity index is 1250. The number of nitrogens with zero attached hydrogens (tertiary/aromatic N) is 5. The summed E-state index contributed by atoms with van der Waals surface area (Å²) in [6.07, 6.45) is 0.964. The van der Waals surface area contributed by atoms with Gasteiger partial charge in [-0.25, -0.2) is 18.7 Å². The number of nitrogens with one attached hydrogen (secondary N) is 1. The predicted octanol–water partition coefficient (Wildman–Crippen LogP) is 5.96. The van der Waals surface area contributed by atoms with Gasteiger partial charge >= 0.3 is 6.18 Å². The number of rotatable bonds is 8. The number of piperidine rings is 1. The van der Waals surface area contributed by atoms with Crippen molar-refractivity contribution in [1.82, 2.24) is 24.1 Å². The first-order valence-corrected chi connectivity index (χ1v) is 13.3. The molecule has 0 amide bonds. The second-order valence-corrected chi connectivity index (χ2v) is 10.6. The van der Waals surface area contributed by atoms with Crippen molar-refractivity contribution in [2.45, 2.75) is 63.8 Å². The average Bonchev–Trinajstić information content (AvgIpc) is 3.33. The van der Waals surface area contributed by atoms with E-state index >= 15 is 0 Å². The Morgan fingerprint density at radius 2 is 1.87 bits per heavy atom. The molecule has 0 saturated carbocycles. The van der Waals surface area contributed by atoms with Crippen LogP contribution >= 0.6 is 11.9 Å². The van der Waals surface area contributed by atoms with Crippen LogP contribution in [0.1, 0.15) is 46.1 Å². The summed E-state index contributed by atoms with van der Waals surface area (Å²) in [7, 11) is 0. The van der Waals surface area contributed by atoms with Crippen LogP contribution in [0.2, 0.25) is 0 Å². The Hall–Kier alpha value is -3.03. The van der Waals surface area contributed by atoms with Crippen LogP contribution in [0.4, 0.5) is 29.2 Å². The molecule has 2 aromatic heterocycles. The zero-order valence-corrected chi connectivity index (χ0v) is 23.0. The van der Waals surface area contributed by atoms with E-state index in [-0.39, 0.29) is 29.7 Å². The molecule has 0 aliphatic carbocycles. The van der Waals surface area contributed by atoms with E-state index in [4.69, 9.17) is 0 Å². The van der Waals surface area contributed by atoms with Gasteiger partial charge in [0.15, 0.2) is 0 Å². The molecule has 8 nitrogen and oxygen atoms in total. The number of aliphatic hydroxyl groups is 1. The molecule has 2 N–H and O–H groups in total. The summed E-state index contributed by atoms with van der Waals surface area (Å²) in [5.41, 5.74) is -2.52. The summed E-state index contributed by atoms with van der Waals surface area (Å²) in [4.78, 5) is 19.3. The molecule has 0 atom stereocenters. The SMILES string of the molecule is CC.CC(C)(O)Cn1cc(-c2nc(Nc3ccc(SN4CCC(C=O)CC4)cc3F)ncc2C(F)(F)F)cn1. The normalized spacial score (nSPS) is 15.0. The molecule has 1 fully saturated rings. The molecule has 1 aromatic carbocycles. The molecule has 3 heterocycles. The third-order valence-corrected chi connectivity index (χ3v) is 6.75. The molecule has 13 heteroatoms. The minimum absolute atomic E-state index is 0.00690. The van der Waals surface area contributed by atoms with Gasteiger partial charge in [0, 0.05) is 41.9 Å². The van der Waals surface area contributed by atoms with E-state index in [9.17, 15) is 27.5 Å². The van der Waals surface area contributed by atoms with Crippen LogP contribution in [0.3, 0.4) is 0 Å². The van der Waals surface area contributed by atoms with E-state index in [1.165, 1.54) is 41.2 Å². The standard InChI is InChI=1S/C24H26F4N6O2S.C2H6/c1-23(2,36)14-33-12-16(10-30-33)21-18(24(26,27)28)11-29-22(32-21)31-20-4-3-17(9-19(20)25)37-34-7-5-15(13-35)6-8-34;1-2/h3-4,9-13,15,36H,5-8,14H2,1-2H3,(H,29,31,32);1-2H3. The van der Waals surface area contributed by atoms with Crippen molar-refractivity contribution in [3.8, 4) is 11.3 Å². The molecule has 0 spiro atoms. The van der Waals surface area contributed by atoms with Crippen LogP contribution in [0.25, 0.3) is 11.3 Å². The molecule has 1 aliphatic heterocycles. The summed E-state index contributed by atoms with van der Waals surface area (Å²) < 4.78 is 59.2. The van der Waals surface area contributed by atoms with E-state index in [2.05, 4.69) is 24.7 Å².